The van der Waals surface area contributed by atoms with Crippen molar-refractivity contribution in [1.29, 1.82) is 0 Å². The number of carbonyl (C=O) groups is 2. The highest BCUT2D eigenvalue weighted by molar-refractivity contribution is 5.88. The van der Waals surface area contributed by atoms with Gasteiger partial charge in [-0.3, -0.25) is 0 Å². The minimum absolute atomic E-state index is 0.0765. The Hall–Kier alpha value is -3.92. The summed E-state index contributed by atoms with van der Waals surface area (Å²) in [6, 6.07) is 28.1. The van der Waals surface area contributed by atoms with E-state index >= 15 is 0 Å². The SMILES string of the molecule is O=C(C=Cc1ccccc1)OC[C@H](OC(=O)/C=C/c1ccccc1)c1ccccc1. The van der Waals surface area contributed by atoms with E-state index in [0.717, 1.165) is 16.7 Å². The molecule has 0 bridgehead atoms. The zero-order chi connectivity index (χ0) is 21.0. The first-order valence-electron chi connectivity index (χ1n) is 9.59. The number of benzene rings is 3. The smallest absolute Gasteiger partial charge is 0.331 e. The summed E-state index contributed by atoms with van der Waals surface area (Å²) in [5.74, 6) is -1.01. The topological polar surface area (TPSA) is 52.6 Å². The molecule has 0 aliphatic rings. The first-order chi connectivity index (χ1) is 14.7. The third kappa shape index (κ3) is 6.91. The molecular weight excluding hydrogens is 376 g/mol. The highest BCUT2D eigenvalue weighted by atomic mass is 16.6. The molecule has 0 radical (unpaired) electrons. The van der Waals surface area contributed by atoms with E-state index in [9.17, 15) is 9.59 Å². The van der Waals surface area contributed by atoms with Gasteiger partial charge in [0.1, 0.15) is 6.61 Å². The van der Waals surface area contributed by atoms with Crippen LogP contribution in [0.3, 0.4) is 0 Å². The molecule has 0 saturated heterocycles. The average Bonchev–Trinajstić information content (AvgIpc) is 2.81. The second-order valence-corrected chi connectivity index (χ2v) is 6.45. The maximum absolute atomic E-state index is 12.3. The number of carbonyl (C=O) groups excluding carboxylic acids is 2. The average molecular weight is 398 g/mol. The third-order valence-corrected chi connectivity index (χ3v) is 4.23. The molecule has 4 nitrogen and oxygen atoms in total. The third-order valence-electron chi connectivity index (χ3n) is 4.23. The number of rotatable bonds is 8. The Morgan fingerprint density at radius 1 is 0.667 bits per heavy atom. The van der Waals surface area contributed by atoms with E-state index in [1.807, 2.05) is 91.0 Å². The highest BCUT2D eigenvalue weighted by Gasteiger charge is 2.17. The summed E-state index contributed by atoms with van der Waals surface area (Å²) in [7, 11) is 0. The van der Waals surface area contributed by atoms with Crippen molar-refractivity contribution in [2.45, 2.75) is 6.10 Å². The molecule has 0 fully saturated rings. The van der Waals surface area contributed by atoms with Gasteiger partial charge in [-0.25, -0.2) is 9.59 Å². The highest BCUT2D eigenvalue weighted by Crippen LogP contribution is 2.18. The van der Waals surface area contributed by atoms with Gasteiger partial charge in [-0.1, -0.05) is 91.0 Å². The number of esters is 2. The van der Waals surface area contributed by atoms with Gasteiger partial charge in [0.15, 0.2) is 6.10 Å². The van der Waals surface area contributed by atoms with Crippen LogP contribution in [-0.4, -0.2) is 18.5 Å². The molecule has 0 aromatic heterocycles. The van der Waals surface area contributed by atoms with Gasteiger partial charge < -0.3 is 9.47 Å². The molecule has 0 N–H and O–H groups in total. The Morgan fingerprint density at radius 3 is 1.67 bits per heavy atom. The largest absolute Gasteiger partial charge is 0.458 e. The standard InChI is InChI=1S/C26H22O4/c27-25(18-16-21-10-4-1-5-11-21)29-20-24(23-14-8-3-9-15-23)30-26(28)19-17-22-12-6-2-7-13-22/h1-19,24H,20H2/b18-16?,19-17+/t24-/m0/s1. The summed E-state index contributed by atoms with van der Waals surface area (Å²) in [6.45, 7) is -0.0765. The second kappa shape index (κ2) is 11.2. The van der Waals surface area contributed by atoms with Gasteiger partial charge in [0.2, 0.25) is 0 Å². The van der Waals surface area contributed by atoms with Crippen LogP contribution in [0.15, 0.2) is 103 Å². The van der Waals surface area contributed by atoms with Crippen molar-refractivity contribution in [3.8, 4) is 0 Å². The second-order valence-electron chi connectivity index (χ2n) is 6.45. The Labute approximate surface area is 176 Å². The minimum Gasteiger partial charge on any atom is -0.458 e. The van der Waals surface area contributed by atoms with E-state index in [0.29, 0.717) is 0 Å². The predicted molar refractivity (Wildman–Crippen MR) is 117 cm³/mol. The van der Waals surface area contributed by atoms with Crippen molar-refractivity contribution in [2.24, 2.45) is 0 Å². The van der Waals surface area contributed by atoms with E-state index < -0.39 is 18.0 Å². The molecule has 4 heteroatoms. The summed E-state index contributed by atoms with van der Waals surface area (Å²) >= 11 is 0. The molecule has 0 unspecified atom stereocenters. The number of hydrogen-bond acceptors (Lipinski definition) is 4. The molecule has 30 heavy (non-hydrogen) atoms. The van der Waals surface area contributed by atoms with Crippen LogP contribution in [0.2, 0.25) is 0 Å². The van der Waals surface area contributed by atoms with Crippen molar-refractivity contribution in [1.82, 2.24) is 0 Å². The van der Waals surface area contributed by atoms with Crippen LogP contribution in [-0.2, 0) is 19.1 Å². The molecule has 0 amide bonds. The monoisotopic (exact) mass is 398 g/mol. The lowest BCUT2D eigenvalue weighted by atomic mass is 10.1. The maximum atomic E-state index is 12.3. The van der Waals surface area contributed by atoms with Gasteiger partial charge in [-0.2, -0.15) is 0 Å². The normalized spacial score (nSPS) is 12.0. The van der Waals surface area contributed by atoms with Gasteiger partial charge in [-0.05, 0) is 28.8 Å². The molecule has 0 aliphatic heterocycles. The molecule has 0 heterocycles. The van der Waals surface area contributed by atoms with E-state index in [4.69, 9.17) is 9.47 Å². The van der Waals surface area contributed by atoms with Crippen molar-refractivity contribution >= 4 is 24.1 Å². The first-order valence-corrected chi connectivity index (χ1v) is 9.59. The molecule has 3 aromatic rings. The van der Waals surface area contributed by atoms with E-state index in [1.54, 1.807) is 12.2 Å². The Morgan fingerprint density at radius 2 is 1.13 bits per heavy atom. The van der Waals surface area contributed by atoms with E-state index in [2.05, 4.69) is 0 Å². The quantitative estimate of drug-likeness (QED) is 0.385. The van der Waals surface area contributed by atoms with Gasteiger partial charge in [-0.15, -0.1) is 0 Å². The van der Waals surface area contributed by atoms with Gasteiger partial charge in [0.25, 0.3) is 0 Å². The van der Waals surface area contributed by atoms with Crippen LogP contribution in [0, 0.1) is 0 Å². The lowest BCUT2D eigenvalue weighted by Gasteiger charge is -2.17. The number of ether oxygens (including phenoxy) is 2. The van der Waals surface area contributed by atoms with Crippen LogP contribution in [0.25, 0.3) is 12.2 Å². The molecule has 150 valence electrons. The van der Waals surface area contributed by atoms with Crippen molar-refractivity contribution in [2.75, 3.05) is 6.61 Å². The van der Waals surface area contributed by atoms with Gasteiger partial charge in [0.05, 0.1) is 0 Å². The van der Waals surface area contributed by atoms with Crippen LogP contribution in [0.4, 0.5) is 0 Å². The zero-order valence-electron chi connectivity index (χ0n) is 16.4. The fourth-order valence-electron chi connectivity index (χ4n) is 2.71. The van der Waals surface area contributed by atoms with Crippen LogP contribution >= 0.6 is 0 Å². The van der Waals surface area contributed by atoms with Crippen LogP contribution < -0.4 is 0 Å². The van der Waals surface area contributed by atoms with Crippen LogP contribution in [0.1, 0.15) is 22.8 Å². The molecule has 3 rings (SSSR count). The predicted octanol–water partition coefficient (Wildman–Crippen LogP) is 5.24. The van der Waals surface area contributed by atoms with Crippen molar-refractivity contribution in [3.63, 3.8) is 0 Å². The van der Waals surface area contributed by atoms with Crippen molar-refractivity contribution in [3.05, 3.63) is 120 Å². The van der Waals surface area contributed by atoms with E-state index in [1.165, 1.54) is 12.2 Å². The Kier molecular flexibility index (Phi) is 7.75. The minimum atomic E-state index is -0.701. The fourth-order valence-corrected chi connectivity index (χ4v) is 2.71. The lowest BCUT2D eigenvalue weighted by Crippen LogP contribution is -2.17. The molecular formula is C26H22O4. The molecule has 0 saturated carbocycles. The summed E-state index contributed by atoms with van der Waals surface area (Å²) < 4.78 is 10.9. The molecule has 1 atom stereocenters. The lowest BCUT2D eigenvalue weighted by molar-refractivity contribution is -0.153. The van der Waals surface area contributed by atoms with E-state index in [-0.39, 0.29) is 6.61 Å². The van der Waals surface area contributed by atoms with Gasteiger partial charge in [0, 0.05) is 12.2 Å². The molecule has 0 aliphatic carbocycles. The van der Waals surface area contributed by atoms with Crippen molar-refractivity contribution < 1.29 is 19.1 Å². The fraction of sp³-hybridized carbons (Fsp3) is 0.0769. The summed E-state index contributed by atoms with van der Waals surface area (Å²) in [4.78, 5) is 24.4. The first kappa shape index (κ1) is 20.8. The molecule has 3 aromatic carbocycles. The Bertz CT molecular complexity index is 993. The molecule has 0 spiro atoms. The van der Waals surface area contributed by atoms with Gasteiger partial charge >= 0.3 is 11.9 Å². The van der Waals surface area contributed by atoms with Crippen LogP contribution in [0.5, 0.6) is 0 Å². The summed E-state index contributed by atoms with van der Waals surface area (Å²) in [5.41, 5.74) is 2.54. The maximum Gasteiger partial charge on any atom is 0.331 e. The number of hydrogen-bond donors (Lipinski definition) is 0. The zero-order valence-corrected chi connectivity index (χ0v) is 16.4. The summed E-state index contributed by atoms with van der Waals surface area (Å²) in [6.07, 6.45) is 5.37. The summed E-state index contributed by atoms with van der Waals surface area (Å²) in [5, 5.41) is 0. The Balaban J connectivity index is 1.61.